The van der Waals surface area contributed by atoms with Crippen LogP contribution in [0.4, 0.5) is 0 Å². The SMILES string of the molecule is Cc1cccc([C@H](C)NC(=O)CBr)c1. The molecule has 0 saturated carbocycles. The maximum Gasteiger partial charge on any atom is 0.231 e. The van der Waals surface area contributed by atoms with Gasteiger partial charge in [0.25, 0.3) is 0 Å². The molecule has 0 saturated heterocycles. The molecule has 0 fully saturated rings. The van der Waals surface area contributed by atoms with Crippen LogP contribution in [0.1, 0.15) is 24.1 Å². The Morgan fingerprint density at radius 2 is 2.29 bits per heavy atom. The van der Waals surface area contributed by atoms with Crippen molar-refractivity contribution in [3.63, 3.8) is 0 Å². The summed E-state index contributed by atoms with van der Waals surface area (Å²) in [4.78, 5) is 11.1. The van der Waals surface area contributed by atoms with E-state index < -0.39 is 0 Å². The van der Waals surface area contributed by atoms with Crippen LogP contribution in [0.25, 0.3) is 0 Å². The lowest BCUT2D eigenvalue weighted by Gasteiger charge is -2.13. The summed E-state index contributed by atoms with van der Waals surface area (Å²) < 4.78 is 0. The highest BCUT2D eigenvalue weighted by Crippen LogP contribution is 2.13. The van der Waals surface area contributed by atoms with E-state index in [2.05, 4.69) is 27.3 Å². The summed E-state index contributed by atoms with van der Waals surface area (Å²) in [5.74, 6) is 0.0130. The van der Waals surface area contributed by atoms with Crippen LogP contribution in [0.3, 0.4) is 0 Å². The number of alkyl halides is 1. The van der Waals surface area contributed by atoms with Gasteiger partial charge in [-0.15, -0.1) is 0 Å². The molecule has 0 aliphatic carbocycles. The molecule has 0 aliphatic rings. The highest BCUT2D eigenvalue weighted by Gasteiger charge is 2.07. The number of aryl methyl sites for hydroxylation is 1. The van der Waals surface area contributed by atoms with Crippen LogP contribution in [-0.2, 0) is 4.79 Å². The number of carbonyl (C=O) groups excluding carboxylic acids is 1. The molecule has 1 amide bonds. The van der Waals surface area contributed by atoms with Gasteiger partial charge in [-0.2, -0.15) is 0 Å². The summed E-state index contributed by atoms with van der Waals surface area (Å²) >= 11 is 3.12. The minimum atomic E-state index is 0.0130. The summed E-state index contributed by atoms with van der Waals surface area (Å²) in [6.45, 7) is 4.03. The zero-order chi connectivity index (χ0) is 10.6. The smallest absolute Gasteiger partial charge is 0.231 e. The Morgan fingerprint density at radius 3 is 2.86 bits per heavy atom. The van der Waals surface area contributed by atoms with Gasteiger partial charge in [0.2, 0.25) is 5.91 Å². The number of hydrogen-bond donors (Lipinski definition) is 1. The first-order chi connectivity index (χ1) is 6.63. The average molecular weight is 256 g/mol. The topological polar surface area (TPSA) is 29.1 Å². The monoisotopic (exact) mass is 255 g/mol. The summed E-state index contributed by atoms with van der Waals surface area (Å²) in [7, 11) is 0. The summed E-state index contributed by atoms with van der Waals surface area (Å²) in [5, 5.41) is 3.24. The lowest BCUT2D eigenvalue weighted by Crippen LogP contribution is -2.27. The van der Waals surface area contributed by atoms with E-state index in [4.69, 9.17) is 0 Å². The fraction of sp³-hybridized carbons (Fsp3) is 0.364. The third-order valence-electron chi connectivity index (χ3n) is 2.04. The second-order valence-electron chi connectivity index (χ2n) is 3.34. The fourth-order valence-corrected chi connectivity index (χ4v) is 1.46. The van der Waals surface area contributed by atoms with Gasteiger partial charge in [0, 0.05) is 0 Å². The Labute approximate surface area is 92.8 Å². The lowest BCUT2D eigenvalue weighted by molar-refractivity contribution is -0.119. The van der Waals surface area contributed by atoms with Gasteiger partial charge in [-0.3, -0.25) is 4.79 Å². The normalized spacial score (nSPS) is 12.2. The Kier molecular flexibility index (Phi) is 4.14. The molecule has 0 aliphatic heterocycles. The van der Waals surface area contributed by atoms with Gasteiger partial charge in [-0.05, 0) is 19.4 Å². The highest BCUT2D eigenvalue weighted by atomic mass is 79.9. The van der Waals surface area contributed by atoms with Gasteiger partial charge in [0.05, 0.1) is 11.4 Å². The third-order valence-corrected chi connectivity index (χ3v) is 2.55. The van der Waals surface area contributed by atoms with Gasteiger partial charge in [0.15, 0.2) is 0 Å². The Bertz CT molecular complexity index is 325. The van der Waals surface area contributed by atoms with Crippen molar-refractivity contribution < 1.29 is 4.79 Å². The van der Waals surface area contributed by atoms with Gasteiger partial charge in [-0.25, -0.2) is 0 Å². The van der Waals surface area contributed by atoms with Crippen molar-refractivity contribution in [2.45, 2.75) is 19.9 Å². The van der Waals surface area contributed by atoms with E-state index in [9.17, 15) is 4.79 Å². The van der Waals surface area contributed by atoms with Gasteiger partial charge >= 0.3 is 0 Å². The molecule has 1 aromatic rings. The molecule has 1 aromatic carbocycles. The first-order valence-electron chi connectivity index (χ1n) is 4.55. The third kappa shape index (κ3) is 3.14. The van der Waals surface area contributed by atoms with Crippen molar-refractivity contribution in [1.29, 1.82) is 0 Å². The molecule has 76 valence electrons. The molecule has 0 spiro atoms. The summed E-state index contributed by atoms with van der Waals surface area (Å²) in [5.41, 5.74) is 2.35. The summed E-state index contributed by atoms with van der Waals surface area (Å²) in [6, 6.07) is 8.22. The number of benzene rings is 1. The standard InChI is InChI=1S/C11H14BrNO/c1-8-4-3-5-10(6-8)9(2)13-11(14)7-12/h3-6,9H,7H2,1-2H3,(H,13,14)/t9-/m0/s1. The molecule has 1 atom stereocenters. The van der Waals surface area contributed by atoms with E-state index in [0.717, 1.165) is 5.56 Å². The van der Waals surface area contributed by atoms with Crippen LogP contribution < -0.4 is 5.32 Å². The van der Waals surface area contributed by atoms with Gasteiger partial charge < -0.3 is 5.32 Å². The average Bonchev–Trinajstić information content (AvgIpc) is 2.17. The highest BCUT2D eigenvalue weighted by molar-refractivity contribution is 9.09. The van der Waals surface area contributed by atoms with Crippen molar-refractivity contribution in [2.24, 2.45) is 0 Å². The first-order valence-corrected chi connectivity index (χ1v) is 5.67. The Balaban J connectivity index is 2.69. The molecule has 2 nitrogen and oxygen atoms in total. The number of amides is 1. The zero-order valence-electron chi connectivity index (χ0n) is 8.38. The minimum absolute atomic E-state index is 0.0130. The zero-order valence-corrected chi connectivity index (χ0v) is 9.97. The van der Waals surface area contributed by atoms with E-state index in [1.54, 1.807) is 0 Å². The molecule has 0 aromatic heterocycles. The van der Waals surface area contributed by atoms with E-state index in [1.807, 2.05) is 32.0 Å². The molecule has 14 heavy (non-hydrogen) atoms. The number of carbonyl (C=O) groups is 1. The first kappa shape index (κ1) is 11.2. The van der Waals surface area contributed by atoms with E-state index in [0.29, 0.717) is 5.33 Å². The molecule has 0 heterocycles. The number of halogens is 1. The van der Waals surface area contributed by atoms with Crippen molar-refractivity contribution in [3.8, 4) is 0 Å². The Hall–Kier alpha value is -0.830. The van der Waals surface area contributed by atoms with Crippen molar-refractivity contribution in [3.05, 3.63) is 35.4 Å². The van der Waals surface area contributed by atoms with Crippen molar-refractivity contribution >= 4 is 21.8 Å². The second kappa shape index (κ2) is 5.15. The van der Waals surface area contributed by atoms with Gasteiger partial charge in [-0.1, -0.05) is 45.8 Å². The fourth-order valence-electron chi connectivity index (χ4n) is 1.30. The van der Waals surface area contributed by atoms with E-state index in [-0.39, 0.29) is 11.9 Å². The Morgan fingerprint density at radius 1 is 1.57 bits per heavy atom. The molecular formula is C11H14BrNO. The van der Waals surface area contributed by atoms with Crippen LogP contribution in [0.2, 0.25) is 0 Å². The molecule has 3 heteroatoms. The molecule has 0 unspecified atom stereocenters. The number of hydrogen-bond acceptors (Lipinski definition) is 1. The molecule has 0 radical (unpaired) electrons. The van der Waals surface area contributed by atoms with Crippen molar-refractivity contribution in [2.75, 3.05) is 5.33 Å². The van der Waals surface area contributed by atoms with Crippen LogP contribution in [0.15, 0.2) is 24.3 Å². The van der Waals surface area contributed by atoms with Crippen molar-refractivity contribution in [1.82, 2.24) is 5.32 Å². The largest absolute Gasteiger partial charge is 0.349 e. The second-order valence-corrected chi connectivity index (χ2v) is 3.90. The maximum atomic E-state index is 11.1. The predicted octanol–water partition coefficient (Wildman–Crippen LogP) is 2.57. The van der Waals surface area contributed by atoms with E-state index in [1.165, 1.54) is 5.56 Å². The predicted molar refractivity (Wildman–Crippen MR) is 61.5 cm³/mol. The van der Waals surface area contributed by atoms with Crippen LogP contribution in [-0.4, -0.2) is 11.2 Å². The molecule has 0 bridgehead atoms. The van der Waals surface area contributed by atoms with Crippen LogP contribution in [0.5, 0.6) is 0 Å². The molecule has 1 rings (SSSR count). The lowest BCUT2D eigenvalue weighted by atomic mass is 10.1. The van der Waals surface area contributed by atoms with E-state index >= 15 is 0 Å². The van der Waals surface area contributed by atoms with Crippen LogP contribution in [0, 0.1) is 6.92 Å². The molecular weight excluding hydrogens is 242 g/mol. The van der Waals surface area contributed by atoms with Crippen LogP contribution >= 0.6 is 15.9 Å². The van der Waals surface area contributed by atoms with Gasteiger partial charge in [0.1, 0.15) is 0 Å². The molecule has 1 N–H and O–H groups in total. The maximum absolute atomic E-state index is 11.1. The quantitative estimate of drug-likeness (QED) is 0.827. The number of nitrogens with one attached hydrogen (secondary N) is 1. The minimum Gasteiger partial charge on any atom is -0.349 e. The summed E-state index contributed by atoms with van der Waals surface area (Å²) in [6.07, 6.45) is 0. The number of rotatable bonds is 3.